The highest BCUT2D eigenvalue weighted by Crippen LogP contribution is 2.16. The van der Waals surface area contributed by atoms with Crippen LogP contribution in [0.5, 0.6) is 0 Å². The van der Waals surface area contributed by atoms with Crippen LogP contribution in [0.1, 0.15) is 16.7 Å². The molecule has 0 bridgehead atoms. The summed E-state index contributed by atoms with van der Waals surface area (Å²) in [7, 11) is 2.95. The Morgan fingerprint density at radius 1 is 0.935 bits per heavy atom. The van der Waals surface area contributed by atoms with Crippen LogP contribution in [0.4, 0.5) is 23.7 Å². The zero-order valence-corrected chi connectivity index (χ0v) is 17.3. The van der Waals surface area contributed by atoms with Crippen LogP contribution in [-0.4, -0.2) is 39.0 Å². The molecule has 0 aliphatic rings. The number of hydrogen-bond acceptors (Lipinski definition) is 4. The third kappa shape index (κ3) is 9.39. The highest BCUT2D eigenvalue weighted by atomic mass is 19.4. The maximum Gasteiger partial charge on any atom is 0.411 e. The SMILES string of the molecule is CN=C(NCc1ccc(COCC(F)(F)F)cc1)NCc1ccc(NC(=O)OC)cc1. The van der Waals surface area contributed by atoms with Crippen molar-refractivity contribution in [2.24, 2.45) is 4.99 Å². The number of ether oxygens (including phenoxy) is 2. The fourth-order valence-corrected chi connectivity index (χ4v) is 2.50. The van der Waals surface area contributed by atoms with Crippen molar-refractivity contribution in [2.45, 2.75) is 25.9 Å². The highest BCUT2D eigenvalue weighted by molar-refractivity contribution is 5.84. The topological polar surface area (TPSA) is 84.0 Å². The van der Waals surface area contributed by atoms with E-state index in [4.69, 9.17) is 0 Å². The predicted molar refractivity (Wildman–Crippen MR) is 112 cm³/mol. The van der Waals surface area contributed by atoms with Gasteiger partial charge in [0.05, 0.1) is 13.7 Å². The number of carbonyl (C=O) groups excluding carboxylic acids is 1. The number of hydrogen-bond donors (Lipinski definition) is 3. The largest absolute Gasteiger partial charge is 0.453 e. The second-order valence-electron chi connectivity index (χ2n) is 6.52. The first-order chi connectivity index (χ1) is 14.8. The first kappa shape index (κ1) is 24.0. The van der Waals surface area contributed by atoms with Crippen LogP contribution in [0.2, 0.25) is 0 Å². The van der Waals surface area contributed by atoms with Gasteiger partial charge in [0.2, 0.25) is 0 Å². The van der Waals surface area contributed by atoms with E-state index in [9.17, 15) is 18.0 Å². The van der Waals surface area contributed by atoms with Crippen molar-refractivity contribution in [3.8, 4) is 0 Å². The van der Waals surface area contributed by atoms with E-state index in [1.54, 1.807) is 31.3 Å². The number of nitrogens with zero attached hydrogens (tertiary/aromatic N) is 1. The lowest BCUT2D eigenvalue weighted by atomic mass is 10.1. The number of benzene rings is 2. The lowest BCUT2D eigenvalue weighted by molar-refractivity contribution is -0.176. The molecule has 0 saturated carbocycles. The second-order valence-corrected chi connectivity index (χ2v) is 6.52. The molecule has 1 amide bonds. The van der Waals surface area contributed by atoms with E-state index >= 15 is 0 Å². The Morgan fingerprint density at radius 2 is 1.45 bits per heavy atom. The van der Waals surface area contributed by atoms with Crippen LogP contribution >= 0.6 is 0 Å². The Morgan fingerprint density at radius 3 is 1.94 bits per heavy atom. The summed E-state index contributed by atoms with van der Waals surface area (Å²) < 4.78 is 45.5. The molecule has 0 fully saturated rings. The Balaban J connectivity index is 1.76. The van der Waals surface area contributed by atoms with Crippen LogP contribution < -0.4 is 16.0 Å². The molecule has 0 spiro atoms. The summed E-state index contributed by atoms with van der Waals surface area (Å²) >= 11 is 0. The fourth-order valence-electron chi connectivity index (χ4n) is 2.50. The molecule has 168 valence electrons. The van der Waals surface area contributed by atoms with E-state index in [0.717, 1.165) is 11.1 Å². The number of aliphatic imine (C=N–C) groups is 1. The van der Waals surface area contributed by atoms with E-state index in [2.05, 4.69) is 30.4 Å². The van der Waals surface area contributed by atoms with Crippen molar-refractivity contribution in [3.05, 3.63) is 65.2 Å². The van der Waals surface area contributed by atoms with Gasteiger partial charge in [-0.05, 0) is 28.8 Å². The minimum absolute atomic E-state index is 0.0929. The van der Waals surface area contributed by atoms with Crippen LogP contribution in [-0.2, 0) is 29.2 Å². The maximum atomic E-state index is 12.1. The van der Waals surface area contributed by atoms with Gasteiger partial charge in [-0.2, -0.15) is 13.2 Å². The van der Waals surface area contributed by atoms with Crippen molar-refractivity contribution in [1.82, 2.24) is 10.6 Å². The average Bonchev–Trinajstić information content (AvgIpc) is 2.75. The summed E-state index contributed by atoms with van der Waals surface area (Å²) in [5, 5.41) is 8.93. The predicted octanol–water partition coefficient (Wildman–Crippen LogP) is 3.81. The summed E-state index contributed by atoms with van der Waals surface area (Å²) in [6.07, 6.45) is -4.85. The minimum atomic E-state index is -4.32. The van der Waals surface area contributed by atoms with E-state index in [1.165, 1.54) is 7.11 Å². The number of methoxy groups -OCH3 is 1. The average molecular weight is 438 g/mol. The molecule has 0 unspecified atom stereocenters. The van der Waals surface area contributed by atoms with Crippen molar-refractivity contribution < 1.29 is 27.4 Å². The number of halogens is 3. The summed E-state index contributed by atoms with van der Waals surface area (Å²) in [5.74, 6) is 0.592. The molecule has 3 N–H and O–H groups in total. The maximum absolute atomic E-state index is 12.1. The number of nitrogens with one attached hydrogen (secondary N) is 3. The molecule has 0 aromatic heterocycles. The molecule has 2 aromatic carbocycles. The molecule has 0 heterocycles. The Hall–Kier alpha value is -3.27. The number of alkyl halides is 3. The van der Waals surface area contributed by atoms with Gasteiger partial charge in [0, 0.05) is 25.8 Å². The van der Waals surface area contributed by atoms with Crippen molar-refractivity contribution >= 4 is 17.7 Å². The number of rotatable bonds is 8. The van der Waals surface area contributed by atoms with Gasteiger partial charge in [0.15, 0.2) is 5.96 Å². The third-order valence-electron chi connectivity index (χ3n) is 4.09. The third-order valence-corrected chi connectivity index (χ3v) is 4.09. The minimum Gasteiger partial charge on any atom is -0.453 e. The number of amides is 1. The molecule has 0 atom stereocenters. The lowest BCUT2D eigenvalue weighted by Gasteiger charge is -2.13. The smallest absolute Gasteiger partial charge is 0.411 e. The normalized spacial score (nSPS) is 11.7. The number of anilines is 1. The van der Waals surface area contributed by atoms with Gasteiger partial charge in [-0.3, -0.25) is 10.3 Å². The Labute approximate surface area is 178 Å². The Kier molecular flexibility index (Phi) is 9.13. The van der Waals surface area contributed by atoms with E-state index in [0.29, 0.717) is 30.3 Å². The number of carbonyl (C=O) groups is 1. The van der Waals surface area contributed by atoms with Crippen LogP contribution in [0.15, 0.2) is 53.5 Å². The zero-order chi connectivity index (χ0) is 22.7. The van der Waals surface area contributed by atoms with Crippen molar-refractivity contribution in [2.75, 3.05) is 26.1 Å². The highest BCUT2D eigenvalue weighted by Gasteiger charge is 2.27. The first-order valence-electron chi connectivity index (χ1n) is 9.40. The van der Waals surface area contributed by atoms with Gasteiger partial charge in [-0.15, -0.1) is 0 Å². The van der Waals surface area contributed by atoms with Crippen LogP contribution in [0, 0.1) is 0 Å². The summed E-state index contributed by atoms with van der Waals surface area (Å²) in [4.78, 5) is 15.4. The van der Waals surface area contributed by atoms with Crippen LogP contribution in [0.3, 0.4) is 0 Å². The Bertz CT molecular complexity index is 854. The molecular weight excluding hydrogens is 413 g/mol. The molecule has 0 aliphatic heterocycles. The van der Waals surface area contributed by atoms with Gasteiger partial charge in [-0.1, -0.05) is 36.4 Å². The van der Waals surface area contributed by atoms with Crippen molar-refractivity contribution in [3.63, 3.8) is 0 Å². The molecular formula is C21H25F3N4O3. The van der Waals surface area contributed by atoms with Gasteiger partial charge in [0.25, 0.3) is 0 Å². The zero-order valence-electron chi connectivity index (χ0n) is 17.3. The molecule has 0 saturated heterocycles. The van der Waals surface area contributed by atoms with Crippen LogP contribution in [0.25, 0.3) is 0 Å². The van der Waals surface area contributed by atoms with Gasteiger partial charge < -0.3 is 20.1 Å². The van der Waals surface area contributed by atoms with Crippen molar-refractivity contribution in [1.29, 1.82) is 0 Å². The van der Waals surface area contributed by atoms with E-state index in [1.807, 2.05) is 24.3 Å². The van der Waals surface area contributed by atoms with Gasteiger partial charge >= 0.3 is 12.3 Å². The first-order valence-corrected chi connectivity index (χ1v) is 9.40. The summed E-state index contributed by atoms with van der Waals surface area (Å²) in [6.45, 7) is -0.341. The lowest BCUT2D eigenvalue weighted by Crippen LogP contribution is -2.36. The molecule has 7 nitrogen and oxygen atoms in total. The van der Waals surface area contributed by atoms with E-state index < -0.39 is 18.9 Å². The molecule has 2 rings (SSSR count). The fraction of sp³-hybridized carbons (Fsp3) is 0.333. The van der Waals surface area contributed by atoms with Gasteiger partial charge in [0.1, 0.15) is 6.61 Å². The quantitative estimate of drug-likeness (QED) is 0.431. The summed E-state index contributed by atoms with van der Waals surface area (Å²) in [6, 6.07) is 14.4. The molecule has 2 aromatic rings. The second kappa shape index (κ2) is 11.8. The summed E-state index contributed by atoms with van der Waals surface area (Å²) in [5.41, 5.74) is 3.23. The van der Waals surface area contributed by atoms with E-state index in [-0.39, 0.29) is 6.61 Å². The molecule has 0 aliphatic carbocycles. The standard InChI is InChI=1S/C21H25F3N4O3/c1-25-19(27-12-16-7-9-18(10-8-16)28-20(29)30-2)26-11-15-3-5-17(6-4-15)13-31-14-21(22,23)24/h3-10H,11-14H2,1-2H3,(H,28,29)(H2,25,26,27). The monoisotopic (exact) mass is 438 g/mol. The number of guanidine groups is 1. The molecule has 0 radical (unpaired) electrons. The van der Waals surface area contributed by atoms with Gasteiger partial charge in [-0.25, -0.2) is 4.79 Å². The molecule has 10 heteroatoms. The molecule has 31 heavy (non-hydrogen) atoms.